The Morgan fingerprint density at radius 3 is 2.93 bits per heavy atom. The van der Waals surface area contributed by atoms with Crippen LogP contribution in [0.25, 0.3) is 23.1 Å². The van der Waals surface area contributed by atoms with Crippen LogP contribution in [0.5, 0.6) is 0 Å². The van der Waals surface area contributed by atoms with Gasteiger partial charge in [0.15, 0.2) is 0 Å². The molecular formula is C23H25BrN4OS. The van der Waals surface area contributed by atoms with Crippen molar-refractivity contribution in [3.8, 4) is 0 Å². The molecule has 0 radical (unpaired) electrons. The van der Waals surface area contributed by atoms with E-state index in [0.29, 0.717) is 18.2 Å². The van der Waals surface area contributed by atoms with Gasteiger partial charge < -0.3 is 10.2 Å². The Bertz CT molecular complexity index is 1070. The molecule has 3 heterocycles. The van der Waals surface area contributed by atoms with Gasteiger partial charge in [0, 0.05) is 47.0 Å². The van der Waals surface area contributed by atoms with Crippen LogP contribution in [0.2, 0.25) is 0 Å². The number of hydrogen-bond donors (Lipinski definition) is 1. The van der Waals surface area contributed by atoms with Gasteiger partial charge in [0.1, 0.15) is 0 Å². The largest absolute Gasteiger partial charge is 0.350 e. The zero-order chi connectivity index (χ0) is 21.1. The molecule has 3 aromatic rings. The van der Waals surface area contributed by atoms with Crippen LogP contribution in [0, 0.1) is 0 Å². The van der Waals surface area contributed by atoms with E-state index >= 15 is 0 Å². The van der Waals surface area contributed by atoms with E-state index in [1.54, 1.807) is 11.3 Å². The fourth-order valence-electron chi connectivity index (χ4n) is 3.67. The van der Waals surface area contributed by atoms with Gasteiger partial charge in [0.25, 0.3) is 5.91 Å². The number of likely N-dealkylation sites (N-methyl/N-ethyl adjacent to an activating group) is 2. The van der Waals surface area contributed by atoms with Crippen molar-refractivity contribution in [2.75, 3.05) is 40.3 Å². The summed E-state index contributed by atoms with van der Waals surface area (Å²) in [4.78, 5) is 23.7. The molecule has 156 valence electrons. The minimum atomic E-state index is -0.0621. The highest BCUT2D eigenvalue weighted by Gasteiger charge is 2.23. The molecule has 1 unspecified atom stereocenters. The lowest BCUT2D eigenvalue weighted by Crippen LogP contribution is -2.54. The van der Waals surface area contributed by atoms with Crippen LogP contribution in [0.3, 0.4) is 0 Å². The van der Waals surface area contributed by atoms with E-state index < -0.39 is 0 Å². The Morgan fingerprint density at radius 2 is 2.13 bits per heavy atom. The van der Waals surface area contributed by atoms with Crippen LogP contribution in [0.15, 0.2) is 46.3 Å². The number of halogens is 1. The van der Waals surface area contributed by atoms with Crippen molar-refractivity contribution in [1.29, 1.82) is 0 Å². The lowest BCUT2D eigenvalue weighted by atomic mass is 10.1. The first-order valence-electron chi connectivity index (χ1n) is 9.98. The van der Waals surface area contributed by atoms with Gasteiger partial charge in [-0.3, -0.25) is 9.69 Å². The van der Waals surface area contributed by atoms with E-state index in [0.717, 1.165) is 45.6 Å². The number of nitrogens with zero attached hydrogens (tertiary/aromatic N) is 3. The van der Waals surface area contributed by atoms with Crippen molar-refractivity contribution in [2.24, 2.45) is 0 Å². The van der Waals surface area contributed by atoms with E-state index in [1.807, 2.05) is 47.9 Å². The minimum Gasteiger partial charge on any atom is -0.350 e. The fourth-order valence-corrected chi connectivity index (χ4v) is 4.65. The molecule has 1 amide bonds. The zero-order valence-corrected chi connectivity index (χ0v) is 19.5. The second kappa shape index (κ2) is 9.39. The Labute approximate surface area is 189 Å². The van der Waals surface area contributed by atoms with Crippen LogP contribution < -0.4 is 5.32 Å². The molecule has 30 heavy (non-hydrogen) atoms. The molecule has 1 fully saturated rings. The van der Waals surface area contributed by atoms with E-state index in [4.69, 9.17) is 4.98 Å². The Morgan fingerprint density at radius 1 is 1.27 bits per heavy atom. The summed E-state index contributed by atoms with van der Waals surface area (Å²) in [6.45, 7) is 3.65. The lowest BCUT2D eigenvalue weighted by Gasteiger charge is -2.37. The number of aromatic nitrogens is 1. The molecule has 1 aliphatic heterocycles. The SMILES string of the molecule is CN1CCN(C)C(CNC(=O)c2cc(/C=C/c3cccs3)nc3ccc(Br)cc23)C1. The number of hydrogen-bond acceptors (Lipinski definition) is 5. The summed E-state index contributed by atoms with van der Waals surface area (Å²) in [6, 6.07) is 12.1. The van der Waals surface area contributed by atoms with Crippen LogP contribution >= 0.6 is 27.3 Å². The highest BCUT2D eigenvalue weighted by molar-refractivity contribution is 9.10. The van der Waals surface area contributed by atoms with Gasteiger partial charge in [-0.1, -0.05) is 22.0 Å². The van der Waals surface area contributed by atoms with Gasteiger partial charge in [-0.05, 0) is 62.0 Å². The number of pyridine rings is 1. The molecular weight excluding hydrogens is 460 g/mol. The number of benzene rings is 1. The Hall–Kier alpha value is -2.06. The summed E-state index contributed by atoms with van der Waals surface area (Å²) in [5.74, 6) is -0.0621. The summed E-state index contributed by atoms with van der Waals surface area (Å²) >= 11 is 5.20. The highest BCUT2D eigenvalue weighted by Crippen LogP contribution is 2.24. The monoisotopic (exact) mass is 484 g/mol. The number of amides is 1. The molecule has 4 rings (SSSR count). The molecule has 5 nitrogen and oxygen atoms in total. The molecule has 1 aromatic carbocycles. The third-order valence-electron chi connectivity index (χ3n) is 5.48. The summed E-state index contributed by atoms with van der Waals surface area (Å²) in [6.07, 6.45) is 4.00. The van der Waals surface area contributed by atoms with E-state index in [9.17, 15) is 4.79 Å². The number of rotatable bonds is 5. The van der Waals surface area contributed by atoms with Gasteiger partial charge in [-0.15, -0.1) is 11.3 Å². The summed E-state index contributed by atoms with van der Waals surface area (Å²) in [7, 11) is 4.25. The van der Waals surface area contributed by atoms with Gasteiger partial charge >= 0.3 is 0 Å². The second-order valence-corrected chi connectivity index (χ2v) is 9.61. The molecule has 7 heteroatoms. The maximum Gasteiger partial charge on any atom is 0.252 e. The van der Waals surface area contributed by atoms with Crippen molar-refractivity contribution in [1.82, 2.24) is 20.1 Å². The number of fused-ring (bicyclic) bond motifs is 1. The van der Waals surface area contributed by atoms with Gasteiger partial charge in [0.05, 0.1) is 16.8 Å². The molecule has 0 aliphatic carbocycles. The number of carbonyl (C=O) groups excluding carboxylic acids is 1. The van der Waals surface area contributed by atoms with Crippen molar-refractivity contribution in [3.63, 3.8) is 0 Å². The number of piperazine rings is 1. The molecule has 1 atom stereocenters. The molecule has 0 saturated carbocycles. The minimum absolute atomic E-state index is 0.0621. The normalized spacial score (nSPS) is 18.3. The second-order valence-electron chi connectivity index (χ2n) is 7.71. The van der Waals surface area contributed by atoms with Crippen molar-refractivity contribution in [2.45, 2.75) is 6.04 Å². The van der Waals surface area contributed by atoms with Crippen LogP contribution in [-0.2, 0) is 0 Å². The molecule has 0 spiro atoms. The fraction of sp³-hybridized carbons (Fsp3) is 0.304. The standard InChI is InChI=1S/C23H25BrN4OS/c1-27-9-10-28(2)18(15-27)14-25-23(29)21-13-17(6-7-19-4-3-11-30-19)26-22-8-5-16(24)12-20(21)22/h3-8,11-13,18H,9-10,14-15H2,1-2H3,(H,25,29)/b7-6+. The molecule has 0 bridgehead atoms. The van der Waals surface area contributed by atoms with Crippen molar-refractivity contribution in [3.05, 3.63) is 62.4 Å². The third kappa shape index (κ3) is 4.98. The predicted molar refractivity (Wildman–Crippen MR) is 129 cm³/mol. The maximum atomic E-state index is 13.2. The molecule has 1 N–H and O–H groups in total. The first-order valence-corrected chi connectivity index (χ1v) is 11.7. The smallest absolute Gasteiger partial charge is 0.252 e. The number of thiophene rings is 1. The molecule has 1 aliphatic rings. The Balaban J connectivity index is 1.60. The van der Waals surface area contributed by atoms with Gasteiger partial charge in [-0.25, -0.2) is 4.98 Å². The Kier molecular flexibility index (Phi) is 6.63. The van der Waals surface area contributed by atoms with Gasteiger partial charge in [0.2, 0.25) is 0 Å². The summed E-state index contributed by atoms with van der Waals surface area (Å²) < 4.78 is 0.932. The molecule has 2 aromatic heterocycles. The highest BCUT2D eigenvalue weighted by atomic mass is 79.9. The van der Waals surface area contributed by atoms with Crippen LogP contribution in [-0.4, -0.2) is 67.0 Å². The van der Waals surface area contributed by atoms with Gasteiger partial charge in [-0.2, -0.15) is 0 Å². The van der Waals surface area contributed by atoms with Crippen LogP contribution in [0.1, 0.15) is 20.9 Å². The number of nitrogens with one attached hydrogen (secondary N) is 1. The first kappa shape index (κ1) is 21.2. The summed E-state index contributed by atoms with van der Waals surface area (Å²) in [5.41, 5.74) is 2.24. The van der Waals surface area contributed by atoms with E-state index in [-0.39, 0.29) is 5.91 Å². The average molecular weight is 485 g/mol. The van der Waals surface area contributed by atoms with E-state index in [2.05, 4.69) is 51.2 Å². The predicted octanol–water partition coefficient (Wildman–Crippen LogP) is 4.20. The number of carbonyl (C=O) groups is 1. The third-order valence-corrected chi connectivity index (χ3v) is 6.81. The van der Waals surface area contributed by atoms with E-state index in [1.165, 1.54) is 0 Å². The van der Waals surface area contributed by atoms with Crippen molar-refractivity contribution < 1.29 is 4.79 Å². The maximum absolute atomic E-state index is 13.2. The summed E-state index contributed by atoms with van der Waals surface area (Å²) in [5, 5.41) is 6.05. The quantitative estimate of drug-likeness (QED) is 0.589. The molecule has 1 saturated heterocycles. The lowest BCUT2D eigenvalue weighted by molar-refractivity contribution is 0.0882. The topological polar surface area (TPSA) is 48.5 Å². The van der Waals surface area contributed by atoms with Crippen molar-refractivity contribution >= 4 is 56.2 Å². The zero-order valence-electron chi connectivity index (χ0n) is 17.1. The first-order chi connectivity index (χ1) is 14.5. The van der Waals surface area contributed by atoms with Crippen LogP contribution in [0.4, 0.5) is 0 Å². The average Bonchev–Trinajstić information content (AvgIpc) is 3.26.